The molecule has 3 rings (SSSR count). The van der Waals surface area contributed by atoms with Crippen LogP contribution in [0.3, 0.4) is 0 Å². The van der Waals surface area contributed by atoms with Crippen molar-refractivity contribution >= 4 is 10.9 Å². The molecule has 0 saturated heterocycles. The summed E-state index contributed by atoms with van der Waals surface area (Å²) in [6, 6.07) is 6.58. The number of benzene rings is 1. The van der Waals surface area contributed by atoms with Crippen LogP contribution in [0.15, 0.2) is 36.7 Å². The summed E-state index contributed by atoms with van der Waals surface area (Å²) in [5, 5.41) is 8.88. The summed E-state index contributed by atoms with van der Waals surface area (Å²) in [4.78, 5) is 4.32. The van der Waals surface area contributed by atoms with Crippen LogP contribution in [0.4, 0.5) is 4.39 Å². The second-order valence-corrected chi connectivity index (χ2v) is 5.66. The molecular weight excluding hydrogens is 269 g/mol. The van der Waals surface area contributed by atoms with Gasteiger partial charge in [-0.15, -0.1) is 5.10 Å². The molecule has 0 aliphatic carbocycles. The van der Waals surface area contributed by atoms with E-state index in [1.807, 2.05) is 19.9 Å². The van der Waals surface area contributed by atoms with Crippen molar-refractivity contribution in [3.8, 4) is 0 Å². The van der Waals surface area contributed by atoms with Gasteiger partial charge in [0, 0.05) is 17.1 Å². The van der Waals surface area contributed by atoms with Gasteiger partial charge < -0.3 is 5.73 Å². The molecule has 108 valence electrons. The van der Waals surface area contributed by atoms with Gasteiger partial charge in [-0.25, -0.2) is 9.07 Å². The lowest BCUT2D eigenvalue weighted by Gasteiger charge is -2.13. The molecule has 0 bridgehead atoms. The third kappa shape index (κ3) is 2.75. The number of nitrogens with two attached hydrogens (primary N) is 1. The Labute approximate surface area is 121 Å². The fourth-order valence-electron chi connectivity index (χ4n) is 2.19. The Morgan fingerprint density at radius 2 is 2.14 bits per heavy atom. The molecule has 0 unspecified atom stereocenters. The summed E-state index contributed by atoms with van der Waals surface area (Å²) in [5.41, 5.74) is 7.65. The monoisotopic (exact) mass is 285 g/mol. The SMILES string of the molecule is CC(C)(N)c1cn(Cc2cc(F)cc3cccnc23)nn1. The Bertz CT molecular complexity index is 788. The Morgan fingerprint density at radius 3 is 2.86 bits per heavy atom. The number of aromatic nitrogens is 4. The Hall–Kier alpha value is -2.34. The van der Waals surface area contributed by atoms with E-state index in [4.69, 9.17) is 5.73 Å². The van der Waals surface area contributed by atoms with Gasteiger partial charge in [0.15, 0.2) is 0 Å². The third-order valence-electron chi connectivity index (χ3n) is 3.28. The summed E-state index contributed by atoms with van der Waals surface area (Å²) >= 11 is 0. The summed E-state index contributed by atoms with van der Waals surface area (Å²) in [6.45, 7) is 4.12. The molecular formula is C15H16FN5. The summed E-state index contributed by atoms with van der Waals surface area (Å²) in [7, 11) is 0. The van der Waals surface area contributed by atoms with Crippen LogP contribution >= 0.6 is 0 Å². The van der Waals surface area contributed by atoms with Gasteiger partial charge in [-0.1, -0.05) is 11.3 Å². The van der Waals surface area contributed by atoms with E-state index in [-0.39, 0.29) is 5.82 Å². The zero-order valence-corrected chi connectivity index (χ0v) is 11.9. The molecule has 0 atom stereocenters. The van der Waals surface area contributed by atoms with E-state index >= 15 is 0 Å². The van der Waals surface area contributed by atoms with Crippen molar-refractivity contribution < 1.29 is 4.39 Å². The van der Waals surface area contributed by atoms with Gasteiger partial charge in [-0.2, -0.15) is 0 Å². The molecule has 0 spiro atoms. The quantitative estimate of drug-likeness (QED) is 0.801. The van der Waals surface area contributed by atoms with E-state index in [9.17, 15) is 4.39 Å². The summed E-state index contributed by atoms with van der Waals surface area (Å²) in [6.07, 6.45) is 3.47. The maximum absolute atomic E-state index is 13.7. The van der Waals surface area contributed by atoms with Crippen LogP contribution in [-0.2, 0) is 12.1 Å². The number of rotatable bonds is 3. The third-order valence-corrected chi connectivity index (χ3v) is 3.28. The van der Waals surface area contributed by atoms with Crippen LogP contribution in [-0.4, -0.2) is 20.0 Å². The molecule has 0 saturated carbocycles. The van der Waals surface area contributed by atoms with Crippen molar-refractivity contribution in [2.24, 2.45) is 5.73 Å². The largest absolute Gasteiger partial charge is 0.320 e. The normalized spacial score (nSPS) is 12.0. The lowest BCUT2D eigenvalue weighted by molar-refractivity contribution is 0.533. The van der Waals surface area contributed by atoms with Gasteiger partial charge in [0.05, 0.1) is 23.8 Å². The minimum atomic E-state index is -0.555. The second kappa shape index (κ2) is 4.89. The van der Waals surface area contributed by atoms with Crippen LogP contribution in [0.5, 0.6) is 0 Å². The fraction of sp³-hybridized carbons (Fsp3) is 0.267. The van der Waals surface area contributed by atoms with E-state index in [1.165, 1.54) is 12.1 Å². The molecule has 0 radical (unpaired) electrons. The van der Waals surface area contributed by atoms with Crippen molar-refractivity contribution in [3.63, 3.8) is 0 Å². The minimum Gasteiger partial charge on any atom is -0.320 e. The van der Waals surface area contributed by atoms with E-state index in [0.717, 1.165) is 16.5 Å². The number of nitrogens with zero attached hydrogens (tertiary/aromatic N) is 4. The van der Waals surface area contributed by atoms with Crippen molar-refractivity contribution in [2.75, 3.05) is 0 Å². The fourth-order valence-corrected chi connectivity index (χ4v) is 2.19. The zero-order valence-electron chi connectivity index (χ0n) is 11.9. The number of hydrogen-bond acceptors (Lipinski definition) is 4. The lowest BCUT2D eigenvalue weighted by atomic mass is 10.0. The number of fused-ring (bicyclic) bond motifs is 1. The topological polar surface area (TPSA) is 69.6 Å². The highest BCUT2D eigenvalue weighted by Gasteiger charge is 2.18. The summed E-state index contributed by atoms with van der Waals surface area (Å²) in [5.74, 6) is -0.287. The Kier molecular flexibility index (Phi) is 3.17. The second-order valence-electron chi connectivity index (χ2n) is 5.66. The number of pyridine rings is 1. The van der Waals surface area contributed by atoms with Crippen LogP contribution in [0, 0.1) is 5.82 Å². The van der Waals surface area contributed by atoms with Crippen LogP contribution < -0.4 is 5.73 Å². The van der Waals surface area contributed by atoms with Gasteiger partial charge in [0.2, 0.25) is 0 Å². The molecule has 3 aromatic rings. The highest BCUT2D eigenvalue weighted by Crippen LogP contribution is 2.20. The van der Waals surface area contributed by atoms with Crippen LogP contribution in [0.25, 0.3) is 10.9 Å². The van der Waals surface area contributed by atoms with Crippen LogP contribution in [0.1, 0.15) is 25.1 Å². The molecule has 0 amide bonds. The average molecular weight is 285 g/mol. The smallest absolute Gasteiger partial charge is 0.124 e. The summed E-state index contributed by atoms with van der Waals surface area (Å²) < 4.78 is 15.3. The van der Waals surface area contributed by atoms with E-state index in [1.54, 1.807) is 23.1 Å². The van der Waals surface area contributed by atoms with Gasteiger partial charge in [-0.3, -0.25) is 4.98 Å². The molecule has 5 nitrogen and oxygen atoms in total. The van der Waals surface area contributed by atoms with Gasteiger partial charge in [0.1, 0.15) is 11.5 Å². The van der Waals surface area contributed by atoms with Gasteiger partial charge >= 0.3 is 0 Å². The highest BCUT2D eigenvalue weighted by atomic mass is 19.1. The van der Waals surface area contributed by atoms with Gasteiger partial charge in [0.25, 0.3) is 0 Å². The number of halogens is 1. The molecule has 21 heavy (non-hydrogen) atoms. The first-order valence-corrected chi connectivity index (χ1v) is 6.66. The molecule has 1 aromatic carbocycles. The number of hydrogen-bond donors (Lipinski definition) is 1. The Morgan fingerprint density at radius 1 is 1.33 bits per heavy atom. The zero-order chi connectivity index (χ0) is 15.0. The first kappa shape index (κ1) is 13.6. The van der Waals surface area contributed by atoms with Crippen molar-refractivity contribution in [1.29, 1.82) is 0 Å². The Balaban J connectivity index is 2.00. The van der Waals surface area contributed by atoms with Crippen molar-refractivity contribution in [3.05, 3.63) is 53.7 Å². The van der Waals surface area contributed by atoms with E-state index < -0.39 is 5.54 Å². The first-order chi connectivity index (χ1) is 9.93. The molecule has 2 heterocycles. The predicted molar refractivity (Wildman–Crippen MR) is 78.0 cm³/mol. The predicted octanol–water partition coefficient (Wildman–Crippen LogP) is 2.21. The van der Waals surface area contributed by atoms with Crippen molar-refractivity contribution in [1.82, 2.24) is 20.0 Å². The molecule has 0 aliphatic rings. The lowest BCUT2D eigenvalue weighted by Crippen LogP contribution is -2.29. The van der Waals surface area contributed by atoms with Crippen LogP contribution in [0.2, 0.25) is 0 Å². The molecule has 2 aromatic heterocycles. The average Bonchev–Trinajstić information content (AvgIpc) is 2.87. The molecule has 0 fully saturated rings. The van der Waals surface area contributed by atoms with Crippen molar-refractivity contribution in [2.45, 2.75) is 25.9 Å². The molecule has 2 N–H and O–H groups in total. The van der Waals surface area contributed by atoms with Gasteiger partial charge in [-0.05, 0) is 32.0 Å². The maximum Gasteiger partial charge on any atom is 0.124 e. The highest BCUT2D eigenvalue weighted by molar-refractivity contribution is 5.81. The van der Waals surface area contributed by atoms with E-state index in [0.29, 0.717) is 12.2 Å². The van der Waals surface area contributed by atoms with E-state index in [2.05, 4.69) is 15.3 Å². The minimum absolute atomic E-state index is 0.287. The molecule has 0 aliphatic heterocycles. The first-order valence-electron chi connectivity index (χ1n) is 6.66. The maximum atomic E-state index is 13.7. The molecule has 6 heteroatoms. The standard InChI is InChI=1S/C15H16FN5/c1-15(2,17)13-9-21(20-19-13)8-11-7-12(16)6-10-4-3-5-18-14(10)11/h3-7,9H,8,17H2,1-2H3.